The molecule has 0 unspecified atom stereocenters. The summed E-state index contributed by atoms with van der Waals surface area (Å²) in [5, 5.41) is 12.1. The highest BCUT2D eigenvalue weighted by Crippen LogP contribution is 2.24. The van der Waals surface area contributed by atoms with Crippen LogP contribution in [-0.4, -0.2) is 34.2 Å². The number of aryl methyl sites for hydroxylation is 1. The van der Waals surface area contributed by atoms with Crippen molar-refractivity contribution in [1.29, 1.82) is 0 Å². The fourth-order valence-electron chi connectivity index (χ4n) is 3.03. The first-order valence-corrected chi connectivity index (χ1v) is 10.3. The predicted molar refractivity (Wildman–Crippen MR) is 121 cm³/mol. The van der Waals surface area contributed by atoms with Crippen molar-refractivity contribution in [2.24, 2.45) is 0 Å². The van der Waals surface area contributed by atoms with E-state index < -0.39 is 17.8 Å². The second-order valence-electron chi connectivity index (χ2n) is 6.80. The Hall–Kier alpha value is -3.78. The minimum absolute atomic E-state index is 0.127. The fourth-order valence-corrected chi connectivity index (χ4v) is 3.15. The van der Waals surface area contributed by atoms with Crippen molar-refractivity contribution in [2.75, 3.05) is 17.3 Å². The molecule has 0 spiro atoms. The summed E-state index contributed by atoms with van der Waals surface area (Å²) in [6.45, 7) is 2.38. The van der Waals surface area contributed by atoms with Crippen LogP contribution in [-0.2, 0) is 20.8 Å². The van der Waals surface area contributed by atoms with Crippen molar-refractivity contribution in [2.45, 2.75) is 19.8 Å². The van der Waals surface area contributed by atoms with Gasteiger partial charge in [-0.25, -0.2) is 0 Å². The van der Waals surface area contributed by atoms with Gasteiger partial charge in [0.05, 0.1) is 18.7 Å². The first-order valence-electron chi connectivity index (χ1n) is 9.91. The molecular formula is C23H22ClN3O5. The van der Waals surface area contributed by atoms with Crippen LogP contribution < -0.4 is 15.5 Å². The summed E-state index contributed by atoms with van der Waals surface area (Å²) in [5.74, 6) is -2.08. The normalized spacial score (nSPS) is 10.4. The van der Waals surface area contributed by atoms with Gasteiger partial charge in [-0.3, -0.25) is 24.5 Å². The highest BCUT2D eigenvalue weighted by atomic mass is 35.5. The van der Waals surface area contributed by atoms with Gasteiger partial charge in [0, 0.05) is 28.4 Å². The van der Waals surface area contributed by atoms with Gasteiger partial charge in [-0.15, -0.1) is 0 Å². The molecule has 0 aliphatic rings. The zero-order valence-corrected chi connectivity index (χ0v) is 18.1. The second-order valence-corrected chi connectivity index (χ2v) is 7.23. The first kappa shape index (κ1) is 22.9. The number of nitrogens with zero attached hydrogens (tertiary/aromatic N) is 1. The number of nitrogens with one attached hydrogen (secondary N) is 2. The third kappa shape index (κ3) is 5.89. The molecule has 9 heteroatoms. The van der Waals surface area contributed by atoms with Crippen LogP contribution in [0, 0.1) is 0 Å². The number of amides is 2. The summed E-state index contributed by atoms with van der Waals surface area (Å²) in [7, 11) is 0. The molecule has 0 radical (unpaired) electrons. The molecule has 3 rings (SSSR count). The van der Waals surface area contributed by atoms with Crippen LogP contribution in [0.1, 0.15) is 19.0 Å². The number of rotatable bonds is 8. The summed E-state index contributed by atoms with van der Waals surface area (Å²) in [4.78, 5) is 36.1. The van der Waals surface area contributed by atoms with Gasteiger partial charge in [0.15, 0.2) is 0 Å². The van der Waals surface area contributed by atoms with E-state index in [1.807, 2.05) is 6.92 Å². The van der Waals surface area contributed by atoms with Gasteiger partial charge in [-0.2, -0.15) is 0 Å². The minimum atomic E-state index is -0.967. The number of aliphatic carboxylic acids is 1. The average molecular weight is 456 g/mol. The maximum atomic E-state index is 12.6. The van der Waals surface area contributed by atoms with Gasteiger partial charge in [0.1, 0.15) is 5.75 Å². The quantitative estimate of drug-likeness (QED) is 0.446. The number of hydrogen-bond donors (Lipinski definition) is 3. The lowest BCUT2D eigenvalue weighted by molar-refractivity contribution is -0.137. The summed E-state index contributed by atoms with van der Waals surface area (Å²) >= 11 is 5.96. The molecule has 3 N–H and O–H groups in total. The monoisotopic (exact) mass is 455 g/mol. The molecule has 166 valence electrons. The van der Waals surface area contributed by atoms with Crippen LogP contribution in [0.25, 0.3) is 11.3 Å². The molecule has 0 saturated heterocycles. The van der Waals surface area contributed by atoms with E-state index in [0.717, 1.165) is 5.56 Å². The van der Waals surface area contributed by atoms with E-state index in [1.165, 1.54) is 4.68 Å². The number of hydrogen-bond acceptors (Lipinski definition) is 4. The lowest BCUT2D eigenvalue weighted by atomic mass is 10.2. The zero-order valence-electron chi connectivity index (χ0n) is 17.3. The van der Waals surface area contributed by atoms with Crippen molar-refractivity contribution in [3.8, 4) is 17.0 Å². The molecule has 0 atom stereocenters. The van der Waals surface area contributed by atoms with Crippen LogP contribution in [0.3, 0.4) is 0 Å². The van der Waals surface area contributed by atoms with Crippen LogP contribution in [0.15, 0.2) is 60.7 Å². The molecule has 0 aliphatic carbocycles. The molecular weight excluding hydrogens is 434 g/mol. The number of anilines is 1. The number of benzene rings is 2. The van der Waals surface area contributed by atoms with E-state index >= 15 is 0 Å². The average Bonchev–Trinajstić information content (AvgIpc) is 3.16. The second kappa shape index (κ2) is 10.5. The highest BCUT2D eigenvalue weighted by Gasteiger charge is 2.19. The Labute approximate surface area is 189 Å². The molecule has 1 heterocycles. The van der Waals surface area contributed by atoms with Gasteiger partial charge in [0.25, 0.3) is 0 Å². The molecule has 1 aromatic heterocycles. The van der Waals surface area contributed by atoms with Crippen molar-refractivity contribution in [1.82, 2.24) is 4.68 Å². The first-order chi connectivity index (χ1) is 15.4. The third-order valence-electron chi connectivity index (χ3n) is 4.54. The molecule has 0 saturated carbocycles. The number of halogens is 1. The molecule has 0 fully saturated rings. The standard InChI is InChI=1S/C23H22ClN3O5/c1-2-32-19-11-7-17(8-12-19)25-22(30)23(31)26-27-18(10-14-21(28)29)9-13-20(27)15-3-5-16(24)6-4-15/h3-9,11-13H,2,10,14H2,1H3,(H,25,30)(H,26,31)(H,28,29). The molecule has 2 amide bonds. The summed E-state index contributed by atoms with van der Waals surface area (Å²) < 4.78 is 6.78. The summed E-state index contributed by atoms with van der Waals surface area (Å²) in [6.07, 6.45) is 0.0437. The largest absolute Gasteiger partial charge is 0.494 e. The number of aromatic nitrogens is 1. The maximum Gasteiger partial charge on any atom is 0.328 e. The number of carbonyl (C=O) groups is 3. The SMILES string of the molecule is CCOc1ccc(NC(=O)C(=O)Nn2c(CCC(=O)O)ccc2-c2ccc(Cl)cc2)cc1. The van der Waals surface area contributed by atoms with Gasteiger partial charge in [-0.05, 0) is 55.5 Å². The van der Waals surface area contributed by atoms with Gasteiger partial charge in [-0.1, -0.05) is 23.7 Å². The predicted octanol–water partition coefficient (Wildman–Crippen LogP) is 3.93. The van der Waals surface area contributed by atoms with E-state index in [1.54, 1.807) is 60.7 Å². The Morgan fingerprint density at radius 3 is 2.28 bits per heavy atom. The molecule has 32 heavy (non-hydrogen) atoms. The number of ether oxygens (including phenoxy) is 1. The van der Waals surface area contributed by atoms with Gasteiger partial charge in [0.2, 0.25) is 0 Å². The molecule has 3 aromatic rings. The Kier molecular flexibility index (Phi) is 7.51. The fraction of sp³-hybridized carbons (Fsp3) is 0.174. The minimum Gasteiger partial charge on any atom is -0.494 e. The molecule has 0 bridgehead atoms. The smallest absolute Gasteiger partial charge is 0.328 e. The Bertz CT molecular complexity index is 1110. The van der Waals surface area contributed by atoms with Crippen LogP contribution in [0.4, 0.5) is 5.69 Å². The van der Waals surface area contributed by atoms with Crippen molar-refractivity contribution < 1.29 is 24.2 Å². The van der Waals surface area contributed by atoms with E-state index in [2.05, 4.69) is 10.7 Å². The van der Waals surface area contributed by atoms with Gasteiger partial charge < -0.3 is 15.2 Å². The number of carboxylic acid groups (broad SMARTS) is 1. The third-order valence-corrected chi connectivity index (χ3v) is 4.79. The number of carbonyl (C=O) groups excluding carboxylic acids is 2. The van der Waals surface area contributed by atoms with E-state index in [4.69, 9.17) is 21.4 Å². The van der Waals surface area contributed by atoms with Crippen molar-refractivity contribution in [3.05, 3.63) is 71.4 Å². The van der Waals surface area contributed by atoms with Crippen LogP contribution in [0.5, 0.6) is 5.75 Å². The van der Waals surface area contributed by atoms with Crippen molar-refractivity contribution in [3.63, 3.8) is 0 Å². The zero-order chi connectivity index (χ0) is 23.1. The van der Waals surface area contributed by atoms with E-state index in [-0.39, 0.29) is 12.8 Å². The van der Waals surface area contributed by atoms with Crippen LogP contribution >= 0.6 is 11.6 Å². The Morgan fingerprint density at radius 1 is 0.969 bits per heavy atom. The van der Waals surface area contributed by atoms with E-state index in [9.17, 15) is 14.4 Å². The summed E-state index contributed by atoms with van der Waals surface area (Å²) in [6, 6.07) is 17.0. The van der Waals surface area contributed by atoms with Gasteiger partial charge >= 0.3 is 17.8 Å². The Morgan fingerprint density at radius 2 is 1.66 bits per heavy atom. The lowest BCUT2D eigenvalue weighted by Gasteiger charge is -2.15. The maximum absolute atomic E-state index is 12.6. The molecule has 0 aliphatic heterocycles. The topological polar surface area (TPSA) is 110 Å². The lowest BCUT2D eigenvalue weighted by Crippen LogP contribution is -2.35. The molecule has 2 aromatic carbocycles. The van der Waals surface area contributed by atoms with Crippen LogP contribution in [0.2, 0.25) is 5.02 Å². The molecule has 8 nitrogen and oxygen atoms in total. The highest BCUT2D eigenvalue weighted by molar-refractivity contribution is 6.42. The van der Waals surface area contributed by atoms with E-state index in [0.29, 0.717) is 34.5 Å². The summed E-state index contributed by atoms with van der Waals surface area (Å²) in [5.41, 5.74) is 4.87. The number of carboxylic acids is 1. The Balaban J connectivity index is 1.79. The van der Waals surface area contributed by atoms with Crippen molar-refractivity contribution >= 4 is 35.1 Å².